The highest BCUT2D eigenvalue weighted by Gasteiger charge is 1.92. The second-order valence-electron chi connectivity index (χ2n) is 2.98. The highest BCUT2D eigenvalue weighted by molar-refractivity contribution is 7.35. The smallest absolute Gasteiger partial charge is 0.00127 e. The Morgan fingerprint density at radius 1 is 0.833 bits per heavy atom. The van der Waals surface area contributed by atoms with Crippen LogP contribution in [-0.2, 0) is 0 Å². The fourth-order valence-corrected chi connectivity index (χ4v) is 0.667. The molecule has 0 aliphatic rings. The van der Waals surface area contributed by atoms with Crippen molar-refractivity contribution >= 4 is 8.58 Å². The van der Waals surface area contributed by atoms with Crippen LogP contribution in [0.3, 0.4) is 0 Å². The van der Waals surface area contributed by atoms with Gasteiger partial charge in [-0.3, -0.25) is 0 Å². The molecule has 0 aromatic heterocycles. The summed E-state index contributed by atoms with van der Waals surface area (Å²) in [5.74, 6) is 0. The van der Waals surface area contributed by atoms with Gasteiger partial charge in [-0.15, -0.1) is 8.58 Å². The van der Waals surface area contributed by atoms with Crippen molar-refractivity contribution in [2.45, 2.75) is 53.6 Å². The minimum Gasteiger partial charge on any atom is -0.312 e. The Kier molecular flexibility index (Phi) is 26.5. The van der Waals surface area contributed by atoms with Gasteiger partial charge in [-0.25, -0.2) is 0 Å². The molecule has 12 heavy (non-hydrogen) atoms. The van der Waals surface area contributed by atoms with Crippen molar-refractivity contribution in [2.24, 2.45) is 0 Å². The van der Waals surface area contributed by atoms with Gasteiger partial charge in [0.25, 0.3) is 0 Å². The minimum atomic E-state index is 0.625. The van der Waals surface area contributed by atoms with Crippen LogP contribution in [0.1, 0.15) is 41.5 Å². The van der Waals surface area contributed by atoms with Crippen molar-refractivity contribution in [3.63, 3.8) is 0 Å². The molecular formula is C10H28NP. The van der Waals surface area contributed by atoms with Crippen molar-refractivity contribution in [3.8, 4) is 0 Å². The van der Waals surface area contributed by atoms with Crippen LogP contribution in [0.25, 0.3) is 0 Å². The fraction of sp³-hybridized carbons (Fsp3) is 1.00. The third-order valence-electron chi connectivity index (χ3n) is 0.667. The molecular weight excluding hydrogens is 165 g/mol. The fourth-order valence-electron chi connectivity index (χ4n) is 0.667. The average Bonchev–Trinajstić information content (AvgIpc) is 1.90. The summed E-state index contributed by atoms with van der Waals surface area (Å²) >= 11 is 0. The Bertz CT molecular complexity index is 47.8. The van der Waals surface area contributed by atoms with Gasteiger partial charge in [0.05, 0.1) is 0 Å². The van der Waals surface area contributed by atoms with Gasteiger partial charge in [-0.1, -0.05) is 41.5 Å². The van der Waals surface area contributed by atoms with Crippen LogP contribution in [0.4, 0.5) is 0 Å². The zero-order valence-electron chi connectivity index (χ0n) is 10.2. The number of hydrogen-bond acceptors (Lipinski definition) is 1. The summed E-state index contributed by atoms with van der Waals surface area (Å²) in [6.45, 7) is 16.9. The summed E-state index contributed by atoms with van der Waals surface area (Å²) in [6, 6.07) is 1.25. The molecule has 0 bridgehead atoms. The second-order valence-corrected chi connectivity index (χ2v) is 3.98. The summed E-state index contributed by atoms with van der Waals surface area (Å²) < 4.78 is 0. The quantitative estimate of drug-likeness (QED) is 0.663. The van der Waals surface area contributed by atoms with Crippen molar-refractivity contribution < 1.29 is 0 Å². The van der Waals surface area contributed by atoms with Crippen LogP contribution >= 0.6 is 8.58 Å². The Labute approximate surface area is 81.5 Å². The van der Waals surface area contributed by atoms with Gasteiger partial charge in [0.15, 0.2) is 0 Å². The Morgan fingerprint density at radius 2 is 1.00 bits per heavy atom. The third kappa shape index (κ3) is 47.5. The molecule has 0 unspecified atom stereocenters. The predicted octanol–water partition coefficient (Wildman–Crippen LogP) is 3.34. The van der Waals surface area contributed by atoms with Gasteiger partial charge in [0.1, 0.15) is 0 Å². The zero-order chi connectivity index (χ0) is 10.6. The molecule has 0 amide bonds. The Hall–Kier alpha value is 0.390. The molecule has 0 aliphatic heterocycles. The van der Waals surface area contributed by atoms with E-state index in [4.69, 9.17) is 0 Å². The SMILES string of the molecule is CC.CC(C)NC(C)C.CPC. The zero-order valence-corrected chi connectivity index (χ0v) is 11.2. The number of hydrogen-bond donors (Lipinski definition) is 1. The summed E-state index contributed by atoms with van der Waals surface area (Å²) in [5.41, 5.74) is 0. The Morgan fingerprint density at radius 3 is 1.00 bits per heavy atom. The van der Waals surface area contributed by atoms with Gasteiger partial charge in [0, 0.05) is 12.1 Å². The number of rotatable bonds is 2. The maximum atomic E-state index is 3.31. The normalized spacial score (nSPS) is 8.50. The van der Waals surface area contributed by atoms with Gasteiger partial charge >= 0.3 is 0 Å². The van der Waals surface area contributed by atoms with Crippen LogP contribution in [0.15, 0.2) is 0 Å². The molecule has 0 saturated carbocycles. The van der Waals surface area contributed by atoms with E-state index >= 15 is 0 Å². The molecule has 0 rings (SSSR count). The van der Waals surface area contributed by atoms with Gasteiger partial charge in [-0.2, -0.15) is 0 Å². The molecule has 1 nitrogen and oxygen atoms in total. The first-order valence-electron chi connectivity index (χ1n) is 4.89. The number of nitrogens with one attached hydrogen (secondary N) is 1. The highest BCUT2D eigenvalue weighted by atomic mass is 31.1. The van der Waals surface area contributed by atoms with Crippen LogP contribution in [0, 0.1) is 0 Å². The molecule has 0 fully saturated rings. The molecule has 2 heteroatoms. The minimum absolute atomic E-state index is 0.625. The lowest BCUT2D eigenvalue weighted by Gasteiger charge is -2.10. The monoisotopic (exact) mass is 193 g/mol. The summed E-state index contributed by atoms with van der Waals surface area (Å²) in [5, 5.41) is 3.31. The highest BCUT2D eigenvalue weighted by Crippen LogP contribution is 1.84. The van der Waals surface area contributed by atoms with Crippen molar-refractivity contribution in [3.05, 3.63) is 0 Å². The lowest BCUT2D eigenvalue weighted by molar-refractivity contribution is 0.518. The van der Waals surface area contributed by atoms with E-state index in [1.54, 1.807) is 0 Å². The lowest BCUT2D eigenvalue weighted by atomic mass is 10.3. The van der Waals surface area contributed by atoms with E-state index < -0.39 is 0 Å². The standard InChI is InChI=1S/C6H15N.C2H7P.C2H6/c1-5(2)7-6(3)4;1-3-2;1-2/h5-7H,1-4H3;3H,1-2H3;1-2H3. The molecule has 0 aliphatic carbocycles. The topological polar surface area (TPSA) is 12.0 Å². The molecule has 0 saturated heterocycles. The largest absolute Gasteiger partial charge is 0.312 e. The molecule has 0 aromatic rings. The van der Waals surface area contributed by atoms with Gasteiger partial charge in [-0.05, 0) is 13.3 Å². The van der Waals surface area contributed by atoms with Gasteiger partial charge in [0.2, 0.25) is 0 Å². The van der Waals surface area contributed by atoms with E-state index in [0.717, 1.165) is 8.58 Å². The Balaban J connectivity index is -0.000000137. The molecule has 0 spiro atoms. The predicted molar refractivity (Wildman–Crippen MR) is 64.9 cm³/mol. The maximum Gasteiger partial charge on any atom is 0.00127 e. The van der Waals surface area contributed by atoms with E-state index in [9.17, 15) is 0 Å². The van der Waals surface area contributed by atoms with E-state index in [-0.39, 0.29) is 0 Å². The molecule has 0 heterocycles. The van der Waals surface area contributed by atoms with Crippen LogP contribution in [0.5, 0.6) is 0 Å². The van der Waals surface area contributed by atoms with Gasteiger partial charge < -0.3 is 5.32 Å². The molecule has 78 valence electrons. The van der Waals surface area contributed by atoms with Crippen LogP contribution in [0.2, 0.25) is 0 Å². The lowest BCUT2D eigenvalue weighted by Crippen LogP contribution is -2.29. The van der Waals surface area contributed by atoms with E-state index in [2.05, 4.69) is 46.3 Å². The summed E-state index contributed by atoms with van der Waals surface area (Å²) in [7, 11) is 1.08. The van der Waals surface area contributed by atoms with Crippen molar-refractivity contribution in [1.29, 1.82) is 0 Å². The van der Waals surface area contributed by atoms with Crippen molar-refractivity contribution in [2.75, 3.05) is 13.3 Å². The molecule has 0 aromatic carbocycles. The van der Waals surface area contributed by atoms with Crippen LogP contribution < -0.4 is 5.32 Å². The summed E-state index contributed by atoms with van der Waals surface area (Å²) in [4.78, 5) is 0. The maximum absolute atomic E-state index is 3.31. The average molecular weight is 193 g/mol. The van der Waals surface area contributed by atoms with Crippen molar-refractivity contribution in [1.82, 2.24) is 5.32 Å². The van der Waals surface area contributed by atoms with Crippen LogP contribution in [-0.4, -0.2) is 25.4 Å². The molecule has 0 atom stereocenters. The molecule has 1 N–H and O–H groups in total. The second kappa shape index (κ2) is 17.5. The van der Waals surface area contributed by atoms with E-state index in [1.807, 2.05) is 13.8 Å². The third-order valence-corrected chi connectivity index (χ3v) is 0.667. The van der Waals surface area contributed by atoms with E-state index in [0.29, 0.717) is 12.1 Å². The van der Waals surface area contributed by atoms with E-state index in [1.165, 1.54) is 0 Å². The molecule has 0 radical (unpaired) electrons. The summed E-state index contributed by atoms with van der Waals surface area (Å²) in [6.07, 6.45) is 0. The first-order valence-corrected chi connectivity index (χ1v) is 6.89. The first-order chi connectivity index (χ1) is 5.54. The first kappa shape index (κ1) is 18.2.